The second kappa shape index (κ2) is 12.4. The summed E-state index contributed by atoms with van der Waals surface area (Å²) in [6.45, 7) is 3.34. The first-order valence-corrected chi connectivity index (χ1v) is 12.1. The van der Waals surface area contributed by atoms with Gasteiger partial charge in [0, 0.05) is 13.0 Å². The van der Waals surface area contributed by atoms with E-state index in [0.29, 0.717) is 46.9 Å². The molecule has 174 valence electrons. The number of rotatable bonds is 12. The normalized spacial score (nSPS) is 14.7. The third-order valence-electron chi connectivity index (χ3n) is 4.95. The summed E-state index contributed by atoms with van der Waals surface area (Å²) in [7, 11) is 0. The summed E-state index contributed by atoms with van der Waals surface area (Å²) in [6.07, 6.45) is 4.01. The molecule has 33 heavy (non-hydrogen) atoms. The molecule has 0 atom stereocenters. The van der Waals surface area contributed by atoms with Crippen molar-refractivity contribution in [3.05, 3.63) is 64.6 Å². The number of thiocarbonyl (C=S) groups is 1. The molecule has 6 nitrogen and oxygen atoms in total. The quantitative estimate of drug-likeness (QED) is 0.241. The van der Waals surface area contributed by atoms with Crippen LogP contribution in [0.5, 0.6) is 11.5 Å². The predicted molar refractivity (Wildman–Crippen MR) is 134 cm³/mol. The Morgan fingerprint density at radius 3 is 2.61 bits per heavy atom. The molecule has 0 unspecified atom stereocenters. The number of nitrogens with zero attached hydrogens (tertiary/aromatic N) is 1. The maximum absolute atomic E-state index is 12.8. The highest BCUT2D eigenvalue weighted by atomic mass is 32.2. The molecule has 1 aliphatic rings. The third-order valence-corrected chi connectivity index (χ3v) is 6.33. The third kappa shape index (κ3) is 7.33. The van der Waals surface area contributed by atoms with Crippen LogP contribution in [0.4, 0.5) is 0 Å². The smallest absolute Gasteiger partial charge is 0.303 e. The molecule has 0 saturated carbocycles. The Kier molecular flexibility index (Phi) is 9.33. The molecule has 0 bridgehead atoms. The van der Waals surface area contributed by atoms with E-state index in [2.05, 4.69) is 0 Å². The number of aliphatic carboxylic acids is 1. The maximum atomic E-state index is 12.8. The second-order valence-electron chi connectivity index (χ2n) is 7.45. The van der Waals surface area contributed by atoms with Gasteiger partial charge in [0.25, 0.3) is 5.91 Å². The minimum Gasteiger partial charge on any atom is -0.490 e. The molecule has 1 heterocycles. The van der Waals surface area contributed by atoms with Crippen LogP contribution < -0.4 is 9.47 Å². The molecule has 1 aliphatic heterocycles. The summed E-state index contributed by atoms with van der Waals surface area (Å²) in [5, 5.41) is 8.72. The highest BCUT2D eigenvalue weighted by Crippen LogP contribution is 2.35. The van der Waals surface area contributed by atoms with Gasteiger partial charge in [-0.3, -0.25) is 14.5 Å². The minimum absolute atomic E-state index is 0.120. The zero-order chi connectivity index (χ0) is 23.6. The number of unbranched alkanes of at least 4 members (excludes halogenated alkanes) is 2. The first-order chi connectivity index (χ1) is 16.0. The zero-order valence-electron chi connectivity index (χ0n) is 18.5. The number of ether oxygens (including phenoxy) is 2. The van der Waals surface area contributed by atoms with Gasteiger partial charge in [-0.05, 0) is 49.1 Å². The van der Waals surface area contributed by atoms with Crippen molar-refractivity contribution >= 4 is 46.3 Å². The number of thioether (sulfide) groups is 1. The second-order valence-corrected chi connectivity index (χ2v) is 9.13. The lowest BCUT2D eigenvalue weighted by molar-refractivity contribution is -0.137. The molecule has 0 radical (unpaired) electrons. The van der Waals surface area contributed by atoms with E-state index >= 15 is 0 Å². The average Bonchev–Trinajstić information content (AvgIpc) is 3.06. The molecule has 1 N–H and O–H groups in total. The highest BCUT2D eigenvalue weighted by Gasteiger charge is 2.31. The van der Waals surface area contributed by atoms with E-state index in [1.165, 1.54) is 11.8 Å². The molecule has 0 spiro atoms. The van der Waals surface area contributed by atoms with Crippen LogP contribution in [0.25, 0.3) is 6.08 Å². The molecule has 2 aromatic rings. The van der Waals surface area contributed by atoms with Crippen LogP contribution in [0, 0.1) is 0 Å². The van der Waals surface area contributed by atoms with Crippen LogP contribution in [-0.4, -0.2) is 39.4 Å². The Morgan fingerprint density at radius 1 is 1.09 bits per heavy atom. The minimum atomic E-state index is -0.800. The van der Waals surface area contributed by atoms with Crippen molar-refractivity contribution < 1.29 is 24.2 Å². The number of carboxylic acids is 1. The molecular weight excluding hydrogens is 458 g/mol. The molecule has 1 saturated heterocycles. The van der Waals surface area contributed by atoms with E-state index in [1.807, 2.05) is 61.5 Å². The predicted octanol–water partition coefficient (Wildman–Crippen LogP) is 5.51. The van der Waals surface area contributed by atoms with Gasteiger partial charge in [0.2, 0.25) is 0 Å². The number of amides is 1. The van der Waals surface area contributed by atoms with E-state index in [-0.39, 0.29) is 12.3 Å². The van der Waals surface area contributed by atoms with E-state index in [0.717, 1.165) is 24.0 Å². The maximum Gasteiger partial charge on any atom is 0.303 e. The fourth-order valence-corrected chi connectivity index (χ4v) is 4.61. The lowest BCUT2D eigenvalue weighted by Crippen LogP contribution is -2.29. The van der Waals surface area contributed by atoms with Crippen LogP contribution in [0.3, 0.4) is 0 Å². The monoisotopic (exact) mass is 485 g/mol. The van der Waals surface area contributed by atoms with Crippen LogP contribution in [0.1, 0.15) is 43.7 Å². The standard InChI is InChI=1S/C25H27NO5S2/c1-2-30-21-15-19(12-13-20(21)31-17-18-9-5-3-6-10-18)16-22-24(29)26(25(32)33-22)14-8-4-7-11-23(27)28/h3,5-6,9-10,12-13,15-16H,2,4,7-8,11,14,17H2,1H3,(H,27,28)/b22-16-. The van der Waals surface area contributed by atoms with Gasteiger partial charge < -0.3 is 14.6 Å². The Morgan fingerprint density at radius 2 is 1.88 bits per heavy atom. The average molecular weight is 486 g/mol. The fraction of sp³-hybridized carbons (Fsp3) is 0.320. The SMILES string of the molecule is CCOc1cc(/C=C2\SC(=S)N(CCCCCC(=O)O)C2=O)ccc1OCc1ccccc1. The summed E-state index contributed by atoms with van der Waals surface area (Å²) in [6, 6.07) is 15.5. The largest absolute Gasteiger partial charge is 0.490 e. The van der Waals surface area contributed by atoms with E-state index in [1.54, 1.807) is 4.90 Å². The molecular formula is C25H27NO5S2. The van der Waals surface area contributed by atoms with Gasteiger partial charge in [-0.2, -0.15) is 0 Å². The number of carbonyl (C=O) groups excluding carboxylic acids is 1. The zero-order valence-corrected chi connectivity index (χ0v) is 20.1. The van der Waals surface area contributed by atoms with Gasteiger partial charge in [0.1, 0.15) is 10.9 Å². The first kappa shape index (κ1) is 24.8. The molecule has 0 aromatic heterocycles. The van der Waals surface area contributed by atoms with Gasteiger partial charge in [-0.15, -0.1) is 0 Å². The van der Waals surface area contributed by atoms with Gasteiger partial charge in [0.05, 0.1) is 11.5 Å². The summed E-state index contributed by atoms with van der Waals surface area (Å²) in [5.74, 6) is 0.347. The molecule has 3 rings (SSSR count). The van der Waals surface area contributed by atoms with Crippen molar-refractivity contribution in [2.75, 3.05) is 13.2 Å². The Bertz CT molecular complexity index is 1020. The number of benzene rings is 2. The topological polar surface area (TPSA) is 76.1 Å². The van der Waals surface area contributed by atoms with E-state index < -0.39 is 5.97 Å². The first-order valence-electron chi connectivity index (χ1n) is 10.9. The molecule has 1 fully saturated rings. The molecule has 0 aliphatic carbocycles. The lowest BCUT2D eigenvalue weighted by atomic mass is 10.1. The number of carboxylic acid groups (broad SMARTS) is 1. The molecule has 8 heteroatoms. The fourth-order valence-electron chi connectivity index (χ4n) is 3.30. The van der Waals surface area contributed by atoms with Gasteiger partial charge in [-0.1, -0.05) is 66.8 Å². The molecule has 2 aromatic carbocycles. The number of hydrogen-bond acceptors (Lipinski definition) is 6. The molecule has 1 amide bonds. The van der Waals surface area contributed by atoms with Crippen molar-refractivity contribution in [2.45, 2.75) is 39.2 Å². The Balaban J connectivity index is 1.65. The van der Waals surface area contributed by atoms with Gasteiger partial charge >= 0.3 is 5.97 Å². The van der Waals surface area contributed by atoms with Crippen LogP contribution in [-0.2, 0) is 16.2 Å². The number of hydrogen-bond donors (Lipinski definition) is 1. The van der Waals surface area contributed by atoms with E-state index in [4.69, 9.17) is 26.8 Å². The van der Waals surface area contributed by atoms with Crippen molar-refractivity contribution in [1.82, 2.24) is 4.90 Å². The van der Waals surface area contributed by atoms with Crippen LogP contribution >= 0.6 is 24.0 Å². The van der Waals surface area contributed by atoms with Gasteiger partial charge in [0.15, 0.2) is 11.5 Å². The summed E-state index contributed by atoms with van der Waals surface area (Å²) in [5.41, 5.74) is 1.89. The summed E-state index contributed by atoms with van der Waals surface area (Å²) >= 11 is 6.67. The van der Waals surface area contributed by atoms with Crippen LogP contribution in [0.2, 0.25) is 0 Å². The highest BCUT2D eigenvalue weighted by molar-refractivity contribution is 8.26. The number of carbonyl (C=O) groups is 2. The van der Waals surface area contributed by atoms with Crippen molar-refractivity contribution in [2.24, 2.45) is 0 Å². The summed E-state index contributed by atoms with van der Waals surface area (Å²) in [4.78, 5) is 25.6. The summed E-state index contributed by atoms with van der Waals surface area (Å²) < 4.78 is 12.2. The van der Waals surface area contributed by atoms with Crippen molar-refractivity contribution in [3.63, 3.8) is 0 Å². The Labute approximate surface area is 203 Å². The van der Waals surface area contributed by atoms with Crippen molar-refractivity contribution in [1.29, 1.82) is 0 Å². The van der Waals surface area contributed by atoms with Gasteiger partial charge in [-0.25, -0.2) is 0 Å². The lowest BCUT2D eigenvalue weighted by Gasteiger charge is -2.14. The van der Waals surface area contributed by atoms with Crippen LogP contribution in [0.15, 0.2) is 53.4 Å². The Hall–Kier alpha value is -2.84. The van der Waals surface area contributed by atoms with E-state index in [9.17, 15) is 9.59 Å². The van der Waals surface area contributed by atoms with Crippen molar-refractivity contribution in [3.8, 4) is 11.5 Å².